The molecule has 3 heteroatoms. The van der Waals surface area contributed by atoms with E-state index in [0.29, 0.717) is 6.04 Å². The van der Waals surface area contributed by atoms with Crippen LogP contribution >= 0.6 is 11.8 Å². The van der Waals surface area contributed by atoms with Crippen molar-refractivity contribution in [2.45, 2.75) is 31.2 Å². The minimum atomic E-state index is 0.203. The molecule has 1 rings (SSSR count). The van der Waals surface area contributed by atoms with E-state index in [1.54, 1.807) is 7.11 Å². The first-order chi connectivity index (χ1) is 5.22. The van der Waals surface area contributed by atoms with Crippen LogP contribution in [0.25, 0.3) is 0 Å². The fraction of sp³-hybridized carbons (Fsp3) is 1.00. The van der Waals surface area contributed by atoms with Crippen molar-refractivity contribution in [2.75, 3.05) is 19.5 Å². The lowest BCUT2D eigenvalue weighted by molar-refractivity contribution is 0.151. The fourth-order valence-electron chi connectivity index (χ4n) is 1.44. The molecule has 0 bridgehead atoms. The van der Waals surface area contributed by atoms with Crippen molar-refractivity contribution in [3.8, 4) is 0 Å². The first kappa shape index (κ1) is 9.36. The molecule has 1 heterocycles. The van der Waals surface area contributed by atoms with Crippen LogP contribution in [0.1, 0.15) is 20.3 Å². The number of hydrogen-bond acceptors (Lipinski definition) is 3. The molecule has 0 radical (unpaired) electrons. The second-order valence-corrected chi connectivity index (χ2v) is 4.54. The van der Waals surface area contributed by atoms with Gasteiger partial charge in [-0.1, -0.05) is 6.92 Å². The summed E-state index contributed by atoms with van der Waals surface area (Å²) in [7, 11) is 1.77. The zero-order chi connectivity index (χ0) is 8.32. The maximum absolute atomic E-state index is 5.18. The largest absolute Gasteiger partial charge is 0.382 e. The smallest absolute Gasteiger partial charge is 0.0881 e. The van der Waals surface area contributed by atoms with Crippen molar-refractivity contribution in [3.05, 3.63) is 0 Å². The molecule has 0 aromatic rings. The summed E-state index contributed by atoms with van der Waals surface area (Å²) in [5.41, 5.74) is 0. The minimum Gasteiger partial charge on any atom is -0.382 e. The molecule has 0 aromatic carbocycles. The Morgan fingerprint density at radius 1 is 1.73 bits per heavy atom. The Balaban J connectivity index is 2.48. The van der Waals surface area contributed by atoms with Crippen molar-refractivity contribution in [1.29, 1.82) is 0 Å². The molecule has 1 N–H and O–H groups in total. The van der Waals surface area contributed by atoms with Gasteiger partial charge >= 0.3 is 0 Å². The van der Waals surface area contributed by atoms with Gasteiger partial charge in [0.05, 0.1) is 11.5 Å². The molecular formula is C8H17NOS. The molecule has 1 saturated heterocycles. The van der Waals surface area contributed by atoms with E-state index in [4.69, 9.17) is 4.74 Å². The van der Waals surface area contributed by atoms with E-state index in [9.17, 15) is 0 Å². The molecule has 0 aromatic heterocycles. The zero-order valence-electron chi connectivity index (χ0n) is 7.52. The second kappa shape index (κ2) is 3.78. The lowest BCUT2D eigenvalue weighted by Gasteiger charge is -2.26. The number of rotatable bonds is 3. The van der Waals surface area contributed by atoms with Gasteiger partial charge in [0, 0.05) is 18.9 Å². The van der Waals surface area contributed by atoms with Crippen molar-refractivity contribution < 1.29 is 4.74 Å². The van der Waals surface area contributed by atoms with Gasteiger partial charge in [-0.25, -0.2) is 0 Å². The Morgan fingerprint density at radius 3 is 2.82 bits per heavy atom. The van der Waals surface area contributed by atoms with Gasteiger partial charge in [-0.15, -0.1) is 11.8 Å². The van der Waals surface area contributed by atoms with E-state index in [-0.39, 0.29) is 4.87 Å². The van der Waals surface area contributed by atoms with Gasteiger partial charge in [0.1, 0.15) is 0 Å². The maximum atomic E-state index is 5.18. The van der Waals surface area contributed by atoms with Crippen LogP contribution in [0, 0.1) is 0 Å². The van der Waals surface area contributed by atoms with Gasteiger partial charge in [0.25, 0.3) is 0 Å². The molecule has 0 spiro atoms. The van der Waals surface area contributed by atoms with Crippen LogP contribution in [0.2, 0.25) is 0 Å². The molecular weight excluding hydrogens is 158 g/mol. The highest BCUT2D eigenvalue weighted by molar-refractivity contribution is 8.00. The molecule has 1 fully saturated rings. The Bertz CT molecular complexity index is 127. The standard InChI is InChI=1S/C8H17NOS/c1-4-8(6-10-3)9-7(2)5-11-8/h7,9H,4-6H2,1-3H3. The van der Waals surface area contributed by atoms with E-state index in [0.717, 1.165) is 13.0 Å². The first-order valence-corrected chi connectivity index (χ1v) is 5.11. The van der Waals surface area contributed by atoms with Crippen molar-refractivity contribution >= 4 is 11.8 Å². The number of nitrogens with one attached hydrogen (secondary N) is 1. The lowest BCUT2D eigenvalue weighted by atomic mass is 10.2. The third-order valence-corrected chi connectivity index (χ3v) is 3.81. The van der Waals surface area contributed by atoms with Crippen molar-refractivity contribution in [2.24, 2.45) is 0 Å². The predicted octanol–water partition coefficient (Wildman–Crippen LogP) is 1.46. The minimum absolute atomic E-state index is 0.203. The third kappa shape index (κ3) is 2.10. The summed E-state index contributed by atoms with van der Waals surface area (Å²) < 4.78 is 5.18. The van der Waals surface area contributed by atoms with Crippen LogP contribution in [0.15, 0.2) is 0 Å². The Morgan fingerprint density at radius 2 is 2.45 bits per heavy atom. The molecule has 1 aliphatic rings. The van der Waals surface area contributed by atoms with E-state index in [1.807, 2.05) is 11.8 Å². The van der Waals surface area contributed by atoms with Gasteiger partial charge in [0.2, 0.25) is 0 Å². The number of hydrogen-bond donors (Lipinski definition) is 1. The van der Waals surface area contributed by atoms with Crippen molar-refractivity contribution in [3.63, 3.8) is 0 Å². The monoisotopic (exact) mass is 175 g/mol. The summed E-state index contributed by atoms with van der Waals surface area (Å²) in [6, 6.07) is 0.634. The molecule has 2 unspecified atom stereocenters. The van der Waals surface area contributed by atoms with Crippen molar-refractivity contribution in [1.82, 2.24) is 5.32 Å². The average Bonchev–Trinajstić information content (AvgIpc) is 2.34. The Kier molecular flexibility index (Phi) is 3.22. The van der Waals surface area contributed by atoms with Gasteiger partial charge in [-0.2, -0.15) is 0 Å². The van der Waals surface area contributed by atoms with Crippen LogP contribution in [0.4, 0.5) is 0 Å². The number of thioether (sulfide) groups is 1. The summed E-state index contributed by atoms with van der Waals surface area (Å²) in [5, 5.41) is 3.56. The predicted molar refractivity (Wildman–Crippen MR) is 50.0 cm³/mol. The maximum Gasteiger partial charge on any atom is 0.0881 e. The summed E-state index contributed by atoms with van der Waals surface area (Å²) in [6.07, 6.45) is 1.13. The molecule has 0 amide bonds. The van der Waals surface area contributed by atoms with E-state index in [1.165, 1.54) is 5.75 Å². The van der Waals surface area contributed by atoms with E-state index >= 15 is 0 Å². The average molecular weight is 175 g/mol. The highest BCUT2D eigenvalue weighted by atomic mass is 32.2. The van der Waals surface area contributed by atoms with Crippen LogP contribution in [-0.4, -0.2) is 30.4 Å². The molecule has 66 valence electrons. The van der Waals surface area contributed by atoms with Crippen LogP contribution in [0.3, 0.4) is 0 Å². The first-order valence-electron chi connectivity index (χ1n) is 4.13. The molecule has 2 atom stereocenters. The van der Waals surface area contributed by atoms with Crippen LogP contribution in [0.5, 0.6) is 0 Å². The molecule has 0 saturated carbocycles. The Labute approximate surface area is 73.1 Å². The zero-order valence-corrected chi connectivity index (χ0v) is 8.33. The van der Waals surface area contributed by atoms with E-state index < -0.39 is 0 Å². The van der Waals surface area contributed by atoms with Crippen LogP contribution in [-0.2, 0) is 4.74 Å². The van der Waals surface area contributed by atoms with Gasteiger partial charge < -0.3 is 4.74 Å². The summed E-state index contributed by atoms with van der Waals surface area (Å²) in [5.74, 6) is 1.21. The van der Waals surface area contributed by atoms with Gasteiger partial charge in [-0.3, -0.25) is 5.32 Å². The number of ether oxygens (including phenoxy) is 1. The lowest BCUT2D eigenvalue weighted by Crippen LogP contribution is -2.43. The Hall–Kier alpha value is 0.270. The van der Waals surface area contributed by atoms with Crippen LogP contribution < -0.4 is 5.32 Å². The summed E-state index contributed by atoms with van der Waals surface area (Å²) in [4.78, 5) is 0.203. The summed E-state index contributed by atoms with van der Waals surface area (Å²) in [6.45, 7) is 5.25. The molecule has 11 heavy (non-hydrogen) atoms. The van der Waals surface area contributed by atoms with Gasteiger partial charge in [0.15, 0.2) is 0 Å². The highest BCUT2D eigenvalue weighted by Crippen LogP contribution is 2.33. The molecule has 1 aliphatic heterocycles. The molecule has 0 aliphatic carbocycles. The van der Waals surface area contributed by atoms with E-state index in [2.05, 4.69) is 19.2 Å². The fourth-order valence-corrected chi connectivity index (χ4v) is 2.78. The highest BCUT2D eigenvalue weighted by Gasteiger charge is 2.35. The normalized spacial score (nSPS) is 37.9. The quantitative estimate of drug-likeness (QED) is 0.702. The number of methoxy groups -OCH3 is 1. The topological polar surface area (TPSA) is 21.3 Å². The summed E-state index contributed by atoms with van der Waals surface area (Å²) >= 11 is 1.99. The third-order valence-electron chi connectivity index (χ3n) is 2.07. The second-order valence-electron chi connectivity index (χ2n) is 3.14. The molecule has 2 nitrogen and oxygen atoms in total. The SMILES string of the molecule is CCC1(COC)NC(C)CS1. The van der Waals surface area contributed by atoms with Gasteiger partial charge in [-0.05, 0) is 13.3 Å².